The van der Waals surface area contributed by atoms with E-state index in [2.05, 4.69) is 30.9 Å². The number of fused-ring (bicyclic) bond motifs is 1. The van der Waals surface area contributed by atoms with E-state index >= 15 is 0 Å². The Balaban J connectivity index is 2.18. The van der Waals surface area contributed by atoms with Gasteiger partial charge in [-0.3, -0.25) is 9.25 Å². The van der Waals surface area contributed by atoms with Gasteiger partial charge in [-0.2, -0.15) is 5.10 Å². The molecule has 0 aliphatic rings. The van der Waals surface area contributed by atoms with Crippen molar-refractivity contribution in [3.8, 4) is 0 Å². The number of imidazole rings is 1. The Morgan fingerprint density at radius 3 is 2.75 bits per heavy atom. The Labute approximate surface area is 119 Å². The van der Waals surface area contributed by atoms with Crippen molar-refractivity contribution in [3.63, 3.8) is 0 Å². The van der Waals surface area contributed by atoms with Crippen LogP contribution < -0.4 is 5.73 Å². The molecule has 0 radical (unpaired) electrons. The van der Waals surface area contributed by atoms with E-state index in [1.807, 2.05) is 16.3 Å². The summed E-state index contributed by atoms with van der Waals surface area (Å²) in [5.74, 6) is 1.08. The molecule has 0 saturated carbocycles. The van der Waals surface area contributed by atoms with Gasteiger partial charge >= 0.3 is 0 Å². The molecule has 0 spiro atoms. The number of nitrogens with two attached hydrogens (primary N) is 1. The van der Waals surface area contributed by atoms with Gasteiger partial charge in [-0.15, -0.1) is 0 Å². The van der Waals surface area contributed by atoms with E-state index in [9.17, 15) is 0 Å². The highest BCUT2D eigenvalue weighted by Gasteiger charge is 2.17. The Kier molecular flexibility index (Phi) is 4.65. The zero-order chi connectivity index (χ0) is 14.7. The summed E-state index contributed by atoms with van der Waals surface area (Å²) >= 11 is 0. The normalized spacial score (nSPS) is 11.8. The van der Waals surface area contributed by atoms with Crippen molar-refractivity contribution in [2.24, 2.45) is 13.0 Å². The first kappa shape index (κ1) is 14.8. The van der Waals surface area contributed by atoms with E-state index in [1.165, 1.54) is 0 Å². The van der Waals surface area contributed by atoms with Crippen LogP contribution in [0.2, 0.25) is 0 Å². The summed E-state index contributed by atoms with van der Waals surface area (Å²) in [6, 6.07) is 0. The first-order valence-corrected chi connectivity index (χ1v) is 7.29. The second-order valence-electron chi connectivity index (χ2n) is 5.58. The predicted molar refractivity (Wildman–Crippen MR) is 80.6 cm³/mol. The minimum absolute atomic E-state index is 0.540. The first-order valence-electron chi connectivity index (χ1n) is 7.29. The summed E-state index contributed by atoms with van der Waals surface area (Å²) in [6.45, 7) is 8.54. The van der Waals surface area contributed by atoms with E-state index < -0.39 is 0 Å². The smallest absolute Gasteiger partial charge is 0.202 e. The van der Waals surface area contributed by atoms with Gasteiger partial charge in [0.25, 0.3) is 0 Å². The van der Waals surface area contributed by atoms with E-state index in [0.717, 1.165) is 36.3 Å². The van der Waals surface area contributed by atoms with Crippen molar-refractivity contribution in [2.45, 2.75) is 40.2 Å². The number of hydrogen-bond acceptors (Lipinski definition) is 4. The molecule has 0 amide bonds. The lowest BCUT2D eigenvalue weighted by Gasteiger charge is -2.09. The van der Waals surface area contributed by atoms with Crippen molar-refractivity contribution in [1.82, 2.24) is 19.3 Å². The van der Waals surface area contributed by atoms with Crippen LogP contribution in [-0.2, 0) is 24.8 Å². The van der Waals surface area contributed by atoms with Crippen LogP contribution in [0.4, 0.5) is 5.95 Å². The maximum Gasteiger partial charge on any atom is 0.202 e. The van der Waals surface area contributed by atoms with E-state index in [0.29, 0.717) is 25.0 Å². The van der Waals surface area contributed by atoms with Crippen LogP contribution in [0, 0.1) is 5.92 Å². The van der Waals surface area contributed by atoms with Crippen molar-refractivity contribution in [2.75, 3.05) is 18.9 Å². The third-order valence-electron chi connectivity index (χ3n) is 3.22. The molecule has 0 unspecified atom stereocenters. The fourth-order valence-electron chi connectivity index (χ4n) is 2.36. The molecule has 0 saturated heterocycles. The molecule has 6 heteroatoms. The quantitative estimate of drug-likeness (QED) is 0.787. The molecular formula is C14H25N5O. The fraction of sp³-hybridized carbons (Fsp3) is 0.714. The lowest BCUT2D eigenvalue weighted by Crippen LogP contribution is -2.13. The first-order chi connectivity index (χ1) is 9.54. The standard InChI is InChI=1S/C14H25N5O/c1-5-6-11-12-13(18(4)17-11)19(14(15)16-12)7-8-20-9-10(2)3/h10H,5-9H2,1-4H3,(H2,15,16). The van der Waals surface area contributed by atoms with Crippen molar-refractivity contribution >= 4 is 17.1 Å². The Morgan fingerprint density at radius 2 is 2.10 bits per heavy atom. The van der Waals surface area contributed by atoms with Crippen LogP contribution in [0.15, 0.2) is 0 Å². The summed E-state index contributed by atoms with van der Waals surface area (Å²) in [7, 11) is 1.94. The number of hydrogen-bond donors (Lipinski definition) is 1. The van der Waals surface area contributed by atoms with Gasteiger partial charge in [-0.1, -0.05) is 27.2 Å². The van der Waals surface area contributed by atoms with Gasteiger partial charge in [0.15, 0.2) is 5.65 Å². The lowest BCUT2D eigenvalue weighted by molar-refractivity contribution is 0.104. The lowest BCUT2D eigenvalue weighted by atomic mass is 10.2. The topological polar surface area (TPSA) is 70.9 Å². The van der Waals surface area contributed by atoms with Crippen LogP contribution in [0.3, 0.4) is 0 Å². The summed E-state index contributed by atoms with van der Waals surface area (Å²) in [4.78, 5) is 4.47. The van der Waals surface area contributed by atoms with Gasteiger partial charge in [0, 0.05) is 13.7 Å². The highest BCUT2D eigenvalue weighted by atomic mass is 16.5. The molecule has 2 aromatic heterocycles. The second kappa shape index (κ2) is 6.26. The van der Waals surface area contributed by atoms with Gasteiger partial charge < -0.3 is 10.5 Å². The maximum atomic E-state index is 6.03. The molecule has 6 nitrogen and oxygen atoms in total. The average Bonchev–Trinajstić information content (AvgIpc) is 2.85. The molecule has 2 rings (SSSR count). The minimum atomic E-state index is 0.540. The SMILES string of the molecule is CCCc1nn(C)c2c1nc(N)n2CCOCC(C)C. The number of rotatable bonds is 7. The summed E-state index contributed by atoms with van der Waals surface area (Å²) < 4.78 is 9.49. The van der Waals surface area contributed by atoms with Crippen LogP contribution >= 0.6 is 0 Å². The molecule has 2 N–H and O–H groups in total. The number of anilines is 1. The highest BCUT2D eigenvalue weighted by Crippen LogP contribution is 2.21. The fourth-order valence-corrected chi connectivity index (χ4v) is 2.36. The van der Waals surface area contributed by atoms with Crippen LogP contribution in [0.25, 0.3) is 11.2 Å². The largest absolute Gasteiger partial charge is 0.379 e. The van der Waals surface area contributed by atoms with E-state index in [1.54, 1.807) is 0 Å². The Morgan fingerprint density at radius 1 is 1.35 bits per heavy atom. The monoisotopic (exact) mass is 279 g/mol. The van der Waals surface area contributed by atoms with Crippen LogP contribution in [0.5, 0.6) is 0 Å². The zero-order valence-electron chi connectivity index (χ0n) is 12.9. The molecule has 20 heavy (non-hydrogen) atoms. The molecule has 2 aromatic rings. The van der Waals surface area contributed by atoms with Gasteiger partial charge in [-0.05, 0) is 12.3 Å². The maximum absolute atomic E-state index is 6.03. The number of ether oxygens (including phenoxy) is 1. The van der Waals surface area contributed by atoms with Crippen molar-refractivity contribution < 1.29 is 4.74 Å². The van der Waals surface area contributed by atoms with Crippen LogP contribution in [-0.4, -0.2) is 32.5 Å². The number of nitrogens with zero attached hydrogens (tertiary/aromatic N) is 4. The van der Waals surface area contributed by atoms with Gasteiger partial charge in [0.05, 0.1) is 18.8 Å². The zero-order valence-corrected chi connectivity index (χ0v) is 12.9. The predicted octanol–water partition coefficient (Wildman–Crippen LogP) is 1.98. The van der Waals surface area contributed by atoms with E-state index in [-0.39, 0.29) is 0 Å². The number of aryl methyl sites for hydroxylation is 2. The summed E-state index contributed by atoms with van der Waals surface area (Å²) in [6.07, 6.45) is 1.98. The van der Waals surface area contributed by atoms with Gasteiger partial charge in [-0.25, -0.2) is 4.98 Å². The molecule has 0 bridgehead atoms. The van der Waals surface area contributed by atoms with Crippen LogP contribution in [0.1, 0.15) is 32.9 Å². The summed E-state index contributed by atoms with van der Waals surface area (Å²) in [5.41, 5.74) is 8.97. The molecule has 0 atom stereocenters. The third kappa shape index (κ3) is 2.95. The van der Waals surface area contributed by atoms with E-state index in [4.69, 9.17) is 10.5 Å². The summed E-state index contributed by atoms with van der Waals surface area (Å²) in [5, 5.41) is 4.53. The molecule has 0 fully saturated rings. The second-order valence-corrected chi connectivity index (χ2v) is 5.58. The van der Waals surface area contributed by atoms with Gasteiger partial charge in [0.1, 0.15) is 5.52 Å². The molecule has 112 valence electrons. The Hall–Kier alpha value is -1.56. The molecule has 0 aliphatic carbocycles. The minimum Gasteiger partial charge on any atom is -0.379 e. The number of aromatic nitrogens is 4. The van der Waals surface area contributed by atoms with Gasteiger partial charge in [0.2, 0.25) is 5.95 Å². The molecule has 0 aliphatic heterocycles. The molecular weight excluding hydrogens is 254 g/mol. The Bertz CT molecular complexity index is 570. The van der Waals surface area contributed by atoms with Crippen molar-refractivity contribution in [1.29, 1.82) is 0 Å². The van der Waals surface area contributed by atoms with Crippen molar-refractivity contribution in [3.05, 3.63) is 5.69 Å². The molecule has 2 heterocycles. The molecule has 0 aromatic carbocycles. The highest BCUT2D eigenvalue weighted by molar-refractivity contribution is 5.77. The number of nitrogen functional groups attached to an aromatic ring is 1. The average molecular weight is 279 g/mol. The third-order valence-corrected chi connectivity index (χ3v) is 3.22.